The quantitative estimate of drug-likeness (QED) is 0.803. The first kappa shape index (κ1) is 18.2. The van der Waals surface area contributed by atoms with Crippen LogP contribution in [0.15, 0.2) is 24.3 Å². The predicted octanol–water partition coefficient (Wildman–Crippen LogP) is 3.79. The van der Waals surface area contributed by atoms with Crippen LogP contribution in [0.2, 0.25) is 5.02 Å². The molecular weight excluding hydrogens is 368 g/mol. The number of hydrogen-bond acceptors (Lipinski definition) is 4. The van der Waals surface area contributed by atoms with E-state index < -0.39 is 6.43 Å². The minimum atomic E-state index is -2.34. The molecule has 2 aromatic rings. The lowest BCUT2D eigenvalue weighted by Gasteiger charge is -2.34. The molecule has 0 radical (unpaired) electrons. The van der Waals surface area contributed by atoms with Crippen LogP contribution in [0.4, 0.5) is 8.78 Å². The van der Waals surface area contributed by atoms with E-state index in [0.29, 0.717) is 41.8 Å². The molecule has 25 heavy (non-hydrogen) atoms. The zero-order valence-electron chi connectivity index (χ0n) is 13.7. The molecule has 0 N–H and O–H groups in total. The molecule has 1 saturated heterocycles. The molecule has 0 unspecified atom stereocenters. The number of nitrogens with zero attached hydrogens (tertiary/aromatic N) is 3. The Morgan fingerprint density at radius 2 is 1.88 bits per heavy atom. The average molecular weight is 386 g/mol. The van der Waals surface area contributed by atoms with Gasteiger partial charge in [-0.25, -0.2) is 13.8 Å². The summed E-state index contributed by atoms with van der Waals surface area (Å²) < 4.78 is 24.9. The fraction of sp³-hybridized carbons (Fsp3) is 0.412. The highest BCUT2D eigenvalue weighted by Crippen LogP contribution is 2.29. The molecule has 0 saturated carbocycles. The smallest absolute Gasteiger partial charge is 0.265 e. The summed E-state index contributed by atoms with van der Waals surface area (Å²) in [6.07, 6.45) is -2.34. The van der Waals surface area contributed by atoms with Crippen molar-refractivity contribution in [2.75, 3.05) is 32.7 Å². The van der Waals surface area contributed by atoms with Crippen LogP contribution in [0.25, 0.3) is 10.6 Å². The van der Waals surface area contributed by atoms with Gasteiger partial charge in [-0.2, -0.15) is 0 Å². The van der Waals surface area contributed by atoms with Crippen molar-refractivity contribution in [2.45, 2.75) is 13.3 Å². The Hall–Kier alpha value is -1.57. The first-order valence-corrected chi connectivity index (χ1v) is 9.16. The molecule has 1 fully saturated rings. The van der Waals surface area contributed by atoms with Gasteiger partial charge in [-0.05, 0) is 19.1 Å². The van der Waals surface area contributed by atoms with Gasteiger partial charge in [0.2, 0.25) is 0 Å². The second-order valence-electron chi connectivity index (χ2n) is 5.92. The molecule has 0 aliphatic carbocycles. The summed E-state index contributed by atoms with van der Waals surface area (Å²) in [7, 11) is 0. The summed E-state index contributed by atoms with van der Waals surface area (Å²) in [5, 5.41) is 1.42. The van der Waals surface area contributed by atoms with Crippen LogP contribution in [0.1, 0.15) is 15.4 Å². The van der Waals surface area contributed by atoms with Gasteiger partial charge in [0.1, 0.15) is 9.88 Å². The molecule has 8 heteroatoms. The molecule has 1 aromatic heterocycles. The van der Waals surface area contributed by atoms with Gasteiger partial charge in [0.15, 0.2) is 0 Å². The normalized spacial score (nSPS) is 15.8. The Bertz CT molecular complexity index is 743. The van der Waals surface area contributed by atoms with Crippen LogP contribution in [-0.2, 0) is 0 Å². The monoisotopic (exact) mass is 385 g/mol. The molecule has 4 nitrogen and oxygen atoms in total. The van der Waals surface area contributed by atoms with E-state index in [1.54, 1.807) is 21.9 Å². The number of piperazine rings is 1. The van der Waals surface area contributed by atoms with Gasteiger partial charge in [0.25, 0.3) is 12.3 Å². The number of alkyl halides is 2. The number of carbonyl (C=O) groups excluding carboxylic acids is 1. The summed E-state index contributed by atoms with van der Waals surface area (Å²) in [5.41, 5.74) is 1.60. The zero-order chi connectivity index (χ0) is 18.0. The van der Waals surface area contributed by atoms with Crippen molar-refractivity contribution < 1.29 is 13.6 Å². The maximum Gasteiger partial charge on any atom is 0.265 e. The highest BCUT2D eigenvalue weighted by atomic mass is 35.5. The number of amides is 1. The predicted molar refractivity (Wildman–Crippen MR) is 95.6 cm³/mol. The second kappa shape index (κ2) is 7.76. The van der Waals surface area contributed by atoms with Crippen LogP contribution >= 0.6 is 22.9 Å². The molecule has 0 spiro atoms. The van der Waals surface area contributed by atoms with Crippen LogP contribution < -0.4 is 0 Å². The van der Waals surface area contributed by atoms with Gasteiger partial charge in [0.05, 0.1) is 12.2 Å². The van der Waals surface area contributed by atoms with Crippen molar-refractivity contribution in [1.82, 2.24) is 14.8 Å². The van der Waals surface area contributed by atoms with Gasteiger partial charge in [-0.3, -0.25) is 9.69 Å². The molecule has 1 amide bonds. The lowest BCUT2D eigenvalue weighted by atomic mass is 10.2. The third kappa shape index (κ3) is 4.34. The lowest BCUT2D eigenvalue weighted by molar-refractivity contribution is 0.0461. The maximum absolute atomic E-state index is 12.8. The lowest BCUT2D eigenvalue weighted by Crippen LogP contribution is -2.49. The van der Waals surface area contributed by atoms with Gasteiger partial charge < -0.3 is 4.90 Å². The van der Waals surface area contributed by atoms with Gasteiger partial charge >= 0.3 is 0 Å². The van der Waals surface area contributed by atoms with E-state index in [2.05, 4.69) is 4.98 Å². The van der Waals surface area contributed by atoms with E-state index in [1.807, 2.05) is 19.1 Å². The van der Waals surface area contributed by atoms with Crippen molar-refractivity contribution in [1.29, 1.82) is 0 Å². The van der Waals surface area contributed by atoms with Crippen molar-refractivity contribution in [3.63, 3.8) is 0 Å². The van der Waals surface area contributed by atoms with E-state index in [0.717, 1.165) is 10.6 Å². The zero-order valence-corrected chi connectivity index (χ0v) is 15.3. The summed E-state index contributed by atoms with van der Waals surface area (Å²) >= 11 is 7.25. The Morgan fingerprint density at radius 1 is 1.24 bits per heavy atom. The number of halogens is 3. The van der Waals surface area contributed by atoms with E-state index in [9.17, 15) is 13.6 Å². The number of benzene rings is 1. The molecule has 0 bridgehead atoms. The SMILES string of the molecule is Cc1nc(-c2ccc(Cl)cc2)sc1C(=O)N1CCN(CC(F)F)CC1. The Balaban J connectivity index is 1.70. The Kier molecular flexibility index (Phi) is 5.66. The second-order valence-corrected chi connectivity index (χ2v) is 7.36. The molecule has 134 valence electrons. The minimum Gasteiger partial charge on any atom is -0.335 e. The fourth-order valence-electron chi connectivity index (χ4n) is 2.78. The largest absolute Gasteiger partial charge is 0.335 e. The number of rotatable bonds is 4. The molecular formula is C17H18ClF2N3OS. The van der Waals surface area contributed by atoms with Crippen molar-refractivity contribution in [3.8, 4) is 10.6 Å². The average Bonchev–Trinajstić information content (AvgIpc) is 2.97. The molecule has 1 aliphatic rings. The van der Waals surface area contributed by atoms with Crippen LogP contribution in [0.5, 0.6) is 0 Å². The summed E-state index contributed by atoms with van der Waals surface area (Å²) in [6.45, 7) is 3.44. The van der Waals surface area contributed by atoms with E-state index >= 15 is 0 Å². The minimum absolute atomic E-state index is 0.0769. The molecule has 1 aliphatic heterocycles. The van der Waals surface area contributed by atoms with E-state index in [4.69, 9.17) is 11.6 Å². The number of aromatic nitrogens is 1. The van der Waals surface area contributed by atoms with Crippen LogP contribution in [-0.4, -0.2) is 59.8 Å². The topological polar surface area (TPSA) is 36.4 Å². The van der Waals surface area contributed by atoms with E-state index in [-0.39, 0.29) is 12.5 Å². The summed E-state index contributed by atoms with van der Waals surface area (Å²) in [6, 6.07) is 7.32. The maximum atomic E-state index is 12.8. The molecule has 0 atom stereocenters. The fourth-order valence-corrected chi connectivity index (χ4v) is 3.95. The highest BCUT2D eigenvalue weighted by Gasteiger charge is 2.26. The van der Waals surface area contributed by atoms with E-state index in [1.165, 1.54) is 11.3 Å². The number of hydrogen-bond donors (Lipinski definition) is 0. The number of carbonyl (C=O) groups is 1. The third-order valence-corrected chi connectivity index (χ3v) is 5.58. The van der Waals surface area contributed by atoms with Crippen LogP contribution in [0, 0.1) is 6.92 Å². The summed E-state index contributed by atoms with van der Waals surface area (Å²) in [5.74, 6) is -0.0769. The number of aryl methyl sites for hydroxylation is 1. The molecule has 3 rings (SSSR count). The van der Waals surface area contributed by atoms with Crippen LogP contribution in [0.3, 0.4) is 0 Å². The van der Waals surface area contributed by atoms with Gasteiger partial charge in [-0.1, -0.05) is 23.7 Å². The first-order valence-electron chi connectivity index (χ1n) is 7.97. The Morgan fingerprint density at radius 3 is 2.48 bits per heavy atom. The first-order chi connectivity index (χ1) is 11.9. The molecule has 1 aromatic carbocycles. The van der Waals surface area contributed by atoms with Crippen molar-refractivity contribution in [3.05, 3.63) is 39.9 Å². The summed E-state index contributed by atoms with van der Waals surface area (Å²) in [4.78, 5) is 21.3. The standard InChI is InChI=1S/C17H18ClF2N3OS/c1-11-15(25-16(21-11)12-2-4-13(18)5-3-12)17(24)23-8-6-22(7-9-23)10-14(19)20/h2-5,14H,6-10H2,1H3. The van der Waals surface area contributed by atoms with Gasteiger partial charge in [-0.15, -0.1) is 11.3 Å². The Labute approximate surface area is 154 Å². The highest BCUT2D eigenvalue weighted by molar-refractivity contribution is 7.17. The molecule has 2 heterocycles. The third-order valence-electron chi connectivity index (χ3n) is 4.14. The van der Waals surface area contributed by atoms with Crippen molar-refractivity contribution in [2.24, 2.45) is 0 Å². The number of thiazole rings is 1. The van der Waals surface area contributed by atoms with Gasteiger partial charge in [0, 0.05) is 36.8 Å². The van der Waals surface area contributed by atoms with Crippen molar-refractivity contribution >= 4 is 28.8 Å².